The SMILES string of the molecule is Fc1c(Cl)cccc1NC/C=C/CCl. The van der Waals surface area contributed by atoms with Crippen LogP contribution < -0.4 is 5.32 Å². The Bertz CT molecular complexity index is 326. The van der Waals surface area contributed by atoms with Crippen LogP contribution in [0, 0.1) is 5.82 Å². The maximum absolute atomic E-state index is 13.3. The van der Waals surface area contributed by atoms with Crippen molar-refractivity contribution >= 4 is 28.9 Å². The standard InChI is InChI=1S/C10H10Cl2FN/c11-6-1-2-7-14-9-5-3-4-8(12)10(9)13/h1-5,14H,6-7H2/b2-1+. The van der Waals surface area contributed by atoms with E-state index in [1.165, 1.54) is 6.07 Å². The lowest BCUT2D eigenvalue weighted by atomic mass is 10.3. The number of hydrogen-bond donors (Lipinski definition) is 1. The maximum atomic E-state index is 13.3. The van der Waals surface area contributed by atoms with Crippen LogP contribution in [0.4, 0.5) is 10.1 Å². The second kappa shape index (κ2) is 5.89. The monoisotopic (exact) mass is 233 g/mol. The number of halogens is 3. The lowest BCUT2D eigenvalue weighted by molar-refractivity contribution is 0.631. The van der Waals surface area contributed by atoms with Gasteiger partial charge in [0.15, 0.2) is 5.82 Å². The highest BCUT2D eigenvalue weighted by molar-refractivity contribution is 6.31. The molecule has 0 saturated carbocycles. The smallest absolute Gasteiger partial charge is 0.164 e. The molecule has 4 heteroatoms. The molecule has 1 aromatic rings. The summed E-state index contributed by atoms with van der Waals surface area (Å²) in [6.07, 6.45) is 3.62. The van der Waals surface area contributed by atoms with Crippen LogP contribution in [0.15, 0.2) is 30.4 Å². The minimum Gasteiger partial charge on any atom is -0.379 e. The lowest BCUT2D eigenvalue weighted by Gasteiger charge is -2.05. The first-order valence-electron chi connectivity index (χ1n) is 4.14. The van der Waals surface area contributed by atoms with Gasteiger partial charge in [-0.1, -0.05) is 29.8 Å². The fourth-order valence-electron chi connectivity index (χ4n) is 0.956. The number of alkyl halides is 1. The molecular formula is C10H10Cl2FN. The molecule has 0 aliphatic rings. The first-order chi connectivity index (χ1) is 6.75. The minimum absolute atomic E-state index is 0.122. The maximum Gasteiger partial charge on any atom is 0.164 e. The summed E-state index contributed by atoms with van der Waals surface area (Å²) in [5, 5.41) is 3.01. The molecule has 0 radical (unpaired) electrons. The zero-order valence-electron chi connectivity index (χ0n) is 7.43. The molecule has 0 aliphatic carbocycles. The van der Waals surface area contributed by atoms with Gasteiger partial charge in [-0.05, 0) is 12.1 Å². The molecule has 0 amide bonds. The zero-order chi connectivity index (χ0) is 10.4. The van der Waals surface area contributed by atoms with E-state index in [1.807, 2.05) is 6.08 Å². The molecule has 0 fully saturated rings. The molecule has 76 valence electrons. The molecule has 1 N–H and O–H groups in total. The molecule has 0 heterocycles. The van der Waals surface area contributed by atoms with Gasteiger partial charge in [0.25, 0.3) is 0 Å². The summed E-state index contributed by atoms with van der Waals surface area (Å²) in [6.45, 7) is 0.532. The van der Waals surface area contributed by atoms with E-state index in [0.29, 0.717) is 18.1 Å². The van der Waals surface area contributed by atoms with Crippen molar-refractivity contribution in [2.24, 2.45) is 0 Å². The molecular weight excluding hydrogens is 224 g/mol. The van der Waals surface area contributed by atoms with Crippen molar-refractivity contribution in [3.05, 3.63) is 41.2 Å². The van der Waals surface area contributed by atoms with Gasteiger partial charge in [0.05, 0.1) is 10.7 Å². The van der Waals surface area contributed by atoms with Gasteiger partial charge in [-0.2, -0.15) is 0 Å². The van der Waals surface area contributed by atoms with E-state index in [-0.39, 0.29) is 5.02 Å². The highest BCUT2D eigenvalue weighted by atomic mass is 35.5. The van der Waals surface area contributed by atoms with Gasteiger partial charge in [0, 0.05) is 12.4 Å². The van der Waals surface area contributed by atoms with Gasteiger partial charge in [-0.25, -0.2) is 4.39 Å². The number of allylic oxidation sites excluding steroid dienone is 1. The average Bonchev–Trinajstić information content (AvgIpc) is 2.19. The van der Waals surface area contributed by atoms with Crippen LogP contribution in [-0.4, -0.2) is 12.4 Å². The first-order valence-corrected chi connectivity index (χ1v) is 5.06. The Hall–Kier alpha value is -0.730. The number of benzene rings is 1. The van der Waals surface area contributed by atoms with E-state index in [2.05, 4.69) is 5.32 Å². The van der Waals surface area contributed by atoms with Crippen LogP contribution in [0.25, 0.3) is 0 Å². The number of rotatable bonds is 4. The van der Waals surface area contributed by atoms with E-state index in [1.54, 1.807) is 18.2 Å². The molecule has 0 atom stereocenters. The van der Waals surface area contributed by atoms with Gasteiger partial charge in [-0.15, -0.1) is 11.6 Å². The van der Waals surface area contributed by atoms with Crippen LogP contribution in [0.3, 0.4) is 0 Å². The second-order valence-corrected chi connectivity index (χ2v) is 3.32. The van der Waals surface area contributed by atoms with Gasteiger partial charge in [-0.3, -0.25) is 0 Å². The quantitative estimate of drug-likeness (QED) is 0.618. The van der Waals surface area contributed by atoms with Crippen molar-refractivity contribution in [3.8, 4) is 0 Å². The first kappa shape index (κ1) is 11.3. The summed E-state index contributed by atoms with van der Waals surface area (Å²) in [7, 11) is 0. The summed E-state index contributed by atoms with van der Waals surface area (Å²) >= 11 is 11.0. The normalized spacial score (nSPS) is 10.8. The molecule has 0 spiro atoms. The Morgan fingerprint density at radius 3 is 2.86 bits per heavy atom. The van der Waals surface area contributed by atoms with E-state index >= 15 is 0 Å². The zero-order valence-corrected chi connectivity index (χ0v) is 8.95. The average molecular weight is 234 g/mol. The second-order valence-electron chi connectivity index (χ2n) is 2.61. The summed E-state index contributed by atoms with van der Waals surface area (Å²) < 4.78 is 13.3. The predicted octanol–water partition coefficient (Wildman–Crippen LogP) is 3.69. The third kappa shape index (κ3) is 3.20. The van der Waals surface area contributed by atoms with Crippen LogP contribution >= 0.6 is 23.2 Å². The van der Waals surface area contributed by atoms with Crippen LogP contribution in [0.2, 0.25) is 5.02 Å². The number of nitrogens with one attached hydrogen (secondary N) is 1. The summed E-state index contributed by atoms with van der Waals surface area (Å²) in [5.74, 6) is 0.0353. The molecule has 0 saturated heterocycles. The van der Waals surface area contributed by atoms with Gasteiger partial charge >= 0.3 is 0 Å². The molecule has 0 bridgehead atoms. The van der Waals surface area contributed by atoms with Crippen molar-refractivity contribution in [3.63, 3.8) is 0 Å². The van der Waals surface area contributed by atoms with E-state index < -0.39 is 5.82 Å². The fraction of sp³-hybridized carbons (Fsp3) is 0.200. The molecule has 1 nitrogen and oxygen atoms in total. The fourth-order valence-corrected chi connectivity index (χ4v) is 1.26. The predicted molar refractivity (Wildman–Crippen MR) is 59.8 cm³/mol. The third-order valence-corrected chi connectivity index (χ3v) is 2.09. The Kier molecular flexibility index (Phi) is 4.77. The molecule has 1 aromatic carbocycles. The van der Waals surface area contributed by atoms with Crippen molar-refractivity contribution in [2.45, 2.75) is 0 Å². The van der Waals surface area contributed by atoms with Crippen molar-refractivity contribution in [1.82, 2.24) is 0 Å². The van der Waals surface area contributed by atoms with Gasteiger partial charge in [0.2, 0.25) is 0 Å². The van der Waals surface area contributed by atoms with Crippen LogP contribution in [0.5, 0.6) is 0 Å². The van der Waals surface area contributed by atoms with Crippen molar-refractivity contribution in [2.75, 3.05) is 17.7 Å². The van der Waals surface area contributed by atoms with Gasteiger partial charge in [0.1, 0.15) is 0 Å². The van der Waals surface area contributed by atoms with E-state index in [0.717, 1.165) is 0 Å². The van der Waals surface area contributed by atoms with Crippen LogP contribution in [-0.2, 0) is 0 Å². The molecule has 0 unspecified atom stereocenters. The Labute approximate surface area is 92.5 Å². The molecule has 0 aliphatic heterocycles. The Morgan fingerprint density at radius 2 is 2.14 bits per heavy atom. The molecule has 14 heavy (non-hydrogen) atoms. The molecule has 1 rings (SSSR count). The van der Waals surface area contributed by atoms with Crippen LogP contribution in [0.1, 0.15) is 0 Å². The molecule has 0 aromatic heterocycles. The Morgan fingerprint density at radius 1 is 1.36 bits per heavy atom. The minimum atomic E-state index is -0.423. The topological polar surface area (TPSA) is 12.0 Å². The lowest BCUT2D eigenvalue weighted by Crippen LogP contribution is -2.00. The van der Waals surface area contributed by atoms with Crippen molar-refractivity contribution in [1.29, 1.82) is 0 Å². The number of anilines is 1. The van der Waals surface area contributed by atoms with Crippen molar-refractivity contribution < 1.29 is 4.39 Å². The van der Waals surface area contributed by atoms with Gasteiger partial charge < -0.3 is 5.32 Å². The third-order valence-electron chi connectivity index (χ3n) is 1.62. The number of hydrogen-bond acceptors (Lipinski definition) is 1. The summed E-state index contributed by atoms with van der Waals surface area (Å²) in [4.78, 5) is 0. The largest absolute Gasteiger partial charge is 0.379 e. The highest BCUT2D eigenvalue weighted by Gasteiger charge is 2.03. The summed E-state index contributed by atoms with van der Waals surface area (Å²) in [6, 6.07) is 4.84. The van der Waals surface area contributed by atoms with E-state index in [9.17, 15) is 4.39 Å². The highest BCUT2D eigenvalue weighted by Crippen LogP contribution is 2.21. The summed E-state index contributed by atoms with van der Waals surface area (Å²) in [5.41, 5.74) is 0.400. The Balaban J connectivity index is 2.59. The van der Waals surface area contributed by atoms with E-state index in [4.69, 9.17) is 23.2 Å².